The second-order valence-electron chi connectivity index (χ2n) is 7.03. The van der Waals surface area contributed by atoms with E-state index in [1.165, 1.54) is 57.8 Å². The number of aliphatic hydroxyl groups excluding tert-OH is 3. The largest absolute Gasteiger partial charge is 0.390 e. The first kappa shape index (κ1) is 25.8. The van der Waals surface area contributed by atoms with Crippen molar-refractivity contribution in [2.24, 2.45) is 0 Å². The smallest absolute Gasteiger partial charge is 0.132 e. The zero-order valence-electron chi connectivity index (χ0n) is 17.0. The van der Waals surface area contributed by atoms with Gasteiger partial charge in [0, 0.05) is 6.61 Å². The van der Waals surface area contributed by atoms with Crippen molar-refractivity contribution in [2.75, 3.05) is 59.3 Å². The summed E-state index contributed by atoms with van der Waals surface area (Å²) in [5.74, 6) is 0. The predicted octanol–water partition coefficient (Wildman–Crippen LogP) is 2.65. The fraction of sp³-hybridized carbons (Fsp3) is 1.00. The molecule has 6 nitrogen and oxygen atoms in total. The van der Waals surface area contributed by atoms with Crippen molar-refractivity contribution in [2.45, 2.75) is 71.1 Å². The lowest BCUT2D eigenvalue weighted by Gasteiger charge is -2.34. The molecule has 0 radical (unpaired) electrons. The Hall–Kier alpha value is -0.240. The molecule has 6 heteroatoms. The second kappa shape index (κ2) is 19.5. The van der Waals surface area contributed by atoms with Crippen LogP contribution in [0.3, 0.4) is 0 Å². The lowest BCUT2D eigenvalue weighted by molar-refractivity contribution is -1.10. The first-order valence-electron chi connectivity index (χ1n) is 10.7. The zero-order chi connectivity index (χ0) is 19.3. The summed E-state index contributed by atoms with van der Waals surface area (Å²) in [6, 6.07) is 0. The summed E-state index contributed by atoms with van der Waals surface area (Å²) >= 11 is 0. The van der Waals surface area contributed by atoms with Crippen molar-refractivity contribution in [3.8, 4) is 0 Å². The van der Waals surface area contributed by atoms with E-state index >= 15 is 0 Å². The molecule has 0 spiro atoms. The van der Waals surface area contributed by atoms with Gasteiger partial charge in [0.25, 0.3) is 0 Å². The number of aliphatic hydroxyl groups is 3. The number of hydroxylamine groups is 3. The van der Waals surface area contributed by atoms with Gasteiger partial charge in [-0.2, -0.15) is 4.65 Å². The number of quaternary nitrogens is 1. The van der Waals surface area contributed by atoms with E-state index < -0.39 is 0 Å². The molecule has 0 aliphatic carbocycles. The van der Waals surface area contributed by atoms with Crippen LogP contribution in [0, 0.1) is 0 Å². The van der Waals surface area contributed by atoms with Gasteiger partial charge in [-0.25, -0.2) is 4.84 Å². The normalized spacial score (nSPS) is 12.0. The van der Waals surface area contributed by atoms with Gasteiger partial charge in [0.2, 0.25) is 0 Å². The van der Waals surface area contributed by atoms with Gasteiger partial charge >= 0.3 is 0 Å². The first-order chi connectivity index (χ1) is 12.7. The minimum absolute atomic E-state index is 0.0422. The molecule has 0 saturated heterocycles. The molecule has 0 aliphatic heterocycles. The maximum Gasteiger partial charge on any atom is 0.132 e. The average molecular weight is 379 g/mol. The highest BCUT2D eigenvalue weighted by atomic mass is 16.7. The highest BCUT2D eigenvalue weighted by molar-refractivity contribution is 4.47. The van der Waals surface area contributed by atoms with E-state index in [9.17, 15) is 15.3 Å². The number of hydrogen-bond acceptors (Lipinski definition) is 5. The monoisotopic (exact) mass is 378 g/mol. The van der Waals surface area contributed by atoms with Gasteiger partial charge < -0.3 is 20.1 Å². The standard InChI is InChI=1S/C20H44NO5/c1-2-3-4-5-6-7-8-9-10-11-18-25-19-20-26-21(12-15-22,13-16-23)14-17-24/h22-24H,2-20H2,1H3/q+1. The van der Waals surface area contributed by atoms with Gasteiger partial charge in [0.1, 0.15) is 26.2 Å². The highest BCUT2D eigenvalue weighted by Gasteiger charge is 2.28. The maximum atomic E-state index is 9.18. The first-order valence-corrected chi connectivity index (χ1v) is 10.7. The average Bonchev–Trinajstić information content (AvgIpc) is 2.63. The maximum absolute atomic E-state index is 9.18. The fourth-order valence-corrected chi connectivity index (χ4v) is 3.16. The van der Waals surface area contributed by atoms with E-state index in [1.54, 1.807) is 0 Å². The summed E-state index contributed by atoms with van der Waals surface area (Å²) in [5.41, 5.74) is 0. The molecule has 0 atom stereocenters. The Bertz CT molecular complexity index is 262. The van der Waals surface area contributed by atoms with Crippen LogP contribution in [0.5, 0.6) is 0 Å². The third-order valence-electron chi connectivity index (χ3n) is 4.76. The Morgan fingerprint density at radius 2 is 1.04 bits per heavy atom. The number of rotatable bonds is 21. The molecule has 0 aromatic rings. The van der Waals surface area contributed by atoms with E-state index in [2.05, 4.69) is 6.92 Å². The third kappa shape index (κ3) is 14.9. The SMILES string of the molecule is CCCCCCCCCCCCOCCO[N+](CCO)(CCO)CCO. The van der Waals surface area contributed by atoms with Crippen LogP contribution in [0.1, 0.15) is 71.1 Å². The lowest BCUT2D eigenvalue weighted by atomic mass is 10.1. The number of hydrogen-bond donors (Lipinski definition) is 3. The van der Waals surface area contributed by atoms with Crippen LogP contribution in [0.4, 0.5) is 0 Å². The van der Waals surface area contributed by atoms with Crippen LogP contribution in [0.2, 0.25) is 0 Å². The molecule has 0 unspecified atom stereocenters. The molecule has 0 aliphatic rings. The second-order valence-corrected chi connectivity index (χ2v) is 7.03. The van der Waals surface area contributed by atoms with Crippen molar-refractivity contribution in [3.05, 3.63) is 0 Å². The van der Waals surface area contributed by atoms with Crippen molar-refractivity contribution in [1.82, 2.24) is 0 Å². The van der Waals surface area contributed by atoms with E-state index in [4.69, 9.17) is 9.57 Å². The molecule has 0 fully saturated rings. The lowest BCUT2D eigenvalue weighted by Crippen LogP contribution is -2.53. The van der Waals surface area contributed by atoms with Crippen LogP contribution in [0.25, 0.3) is 0 Å². The van der Waals surface area contributed by atoms with E-state index in [0.29, 0.717) is 32.8 Å². The van der Waals surface area contributed by atoms with Crippen LogP contribution in [0.15, 0.2) is 0 Å². The molecule has 0 aromatic heterocycles. The Labute approximate surface area is 160 Å². The number of ether oxygens (including phenoxy) is 1. The highest BCUT2D eigenvalue weighted by Crippen LogP contribution is 2.11. The Balaban J connectivity index is 3.52. The molecule has 3 N–H and O–H groups in total. The molecule has 0 bridgehead atoms. The van der Waals surface area contributed by atoms with E-state index in [0.717, 1.165) is 13.0 Å². The Kier molecular flexibility index (Phi) is 19.3. The van der Waals surface area contributed by atoms with Crippen molar-refractivity contribution >= 4 is 0 Å². The van der Waals surface area contributed by atoms with E-state index in [-0.39, 0.29) is 24.5 Å². The quantitative estimate of drug-likeness (QED) is 0.163. The van der Waals surface area contributed by atoms with Gasteiger partial charge in [-0.3, -0.25) is 0 Å². The topological polar surface area (TPSA) is 79.2 Å². The van der Waals surface area contributed by atoms with Gasteiger partial charge in [-0.1, -0.05) is 64.7 Å². The van der Waals surface area contributed by atoms with E-state index in [1.807, 2.05) is 0 Å². The van der Waals surface area contributed by atoms with Crippen molar-refractivity contribution in [1.29, 1.82) is 0 Å². The zero-order valence-corrected chi connectivity index (χ0v) is 17.0. The molecule has 158 valence electrons. The van der Waals surface area contributed by atoms with Crippen molar-refractivity contribution in [3.63, 3.8) is 0 Å². The molecule has 0 aromatic carbocycles. The summed E-state index contributed by atoms with van der Waals surface area (Å²) < 4.78 is 5.69. The van der Waals surface area contributed by atoms with Crippen LogP contribution in [-0.4, -0.2) is 79.2 Å². The van der Waals surface area contributed by atoms with Crippen molar-refractivity contribution < 1.29 is 29.5 Å². The van der Waals surface area contributed by atoms with Gasteiger partial charge in [0.15, 0.2) is 0 Å². The molecule has 0 rings (SSSR count). The Morgan fingerprint density at radius 1 is 0.577 bits per heavy atom. The third-order valence-corrected chi connectivity index (χ3v) is 4.76. The minimum Gasteiger partial charge on any atom is -0.390 e. The molecular formula is C20H44NO5+. The summed E-state index contributed by atoms with van der Waals surface area (Å²) in [6.07, 6.45) is 13.1. The summed E-state index contributed by atoms with van der Waals surface area (Å²) in [5, 5.41) is 27.5. The summed E-state index contributed by atoms with van der Waals surface area (Å²) in [6.45, 7) is 4.86. The van der Waals surface area contributed by atoms with Crippen LogP contribution < -0.4 is 0 Å². The number of nitrogens with zero attached hydrogens (tertiary/aromatic N) is 1. The summed E-state index contributed by atoms with van der Waals surface area (Å²) in [7, 11) is 0. The molecular weight excluding hydrogens is 334 g/mol. The van der Waals surface area contributed by atoms with Gasteiger partial charge in [-0.05, 0) is 6.42 Å². The van der Waals surface area contributed by atoms with Crippen LogP contribution >= 0.6 is 0 Å². The molecule has 0 saturated carbocycles. The fourth-order valence-electron chi connectivity index (χ4n) is 3.16. The molecule has 0 heterocycles. The molecule has 26 heavy (non-hydrogen) atoms. The summed E-state index contributed by atoms with van der Waals surface area (Å²) in [4.78, 5) is 5.78. The number of unbranched alkanes of at least 4 members (excludes halogenated alkanes) is 9. The van der Waals surface area contributed by atoms with Crippen LogP contribution in [-0.2, 0) is 9.57 Å². The molecule has 0 amide bonds. The van der Waals surface area contributed by atoms with Gasteiger partial charge in [0.05, 0.1) is 26.4 Å². The predicted molar refractivity (Wildman–Crippen MR) is 105 cm³/mol. The minimum atomic E-state index is -0.0422. The Morgan fingerprint density at radius 3 is 1.50 bits per heavy atom. The van der Waals surface area contributed by atoms with Gasteiger partial charge in [-0.15, -0.1) is 0 Å².